The summed E-state index contributed by atoms with van der Waals surface area (Å²) in [5.74, 6) is 1.34. The molecule has 0 bridgehead atoms. The average molecular weight is 316 g/mol. The summed E-state index contributed by atoms with van der Waals surface area (Å²) in [6, 6.07) is 7.06. The first kappa shape index (κ1) is 14.5. The highest BCUT2D eigenvalue weighted by Crippen LogP contribution is 2.39. The average Bonchev–Trinajstić information content (AvgIpc) is 3.28. The van der Waals surface area contributed by atoms with Crippen molar-refractivity contribution in [1.29, 1.82) is 0 Å². The van der Waals surface area contributed by atoms with Crippen LogP contribution >= 0.6 is 0 Å². The molecule has 3 aliphatic rings. The van der Waals surface area contributed by atoms with Crippen molar-refractivity contribution in [3.05, 3.63) is 29.8 Å². The molecule has 0 N–H and O–H groups in total. The minimum absolute atomic E-state index is 0.0324. The second-order valence-corrected chi connectivity index (χ2v) is 6.74. The number of nitrogens with zero attached hydrogens (tertiary/aromatic N) is 2. The quantitative estimate of drug-likeness (QED) is 0.844. The summed E-state index contributed by atoms with van der Waals surface area (Å²) in [6.45, 7) is 1.66. The third kappa shape index (κ3) is 2.67. The number of carbonyl (C=O) groups is 2. The Morgan fingerprint density at radius 2 is 2.00 bits per heavy atom. The van der Waals surface area contributed by atoms with Crippen molar-refractivity contribution in [2.24, 2.45) is 5.92 Å². The molecule has 4 rings (SSSR count). The molecule has 23 heavy (non-hydrogen) atoms. The Hall–Kier alpha value is -2.08. The van der Waals surface area contributed by atoms with Crippen LogP contribution in [0.5, 0.6) is 5.75 Å². The molecule has 0 atom stereocenters. The summed E-state index contributed by atoms with van der Waals surface area (Å²) in [6.07, 6.45) is 2.75. The molecule has 0 unspecified atom stereocenters. The molecular weight excluding hydrogens is 296 g/mol. The van der Waals surface area contributed by atoms with Gasteiger partial charge in [-0.2, -0.15) is 0 Å². The Balaban J connectivity index is 1.36. The summed E-state index contributed by atoms with van der Waals surface area (Å²) < 4.78 is 5.10. The molecule has 0 radical (unpaired) electrons. The van der Waals surface area contributed by atoms with Crippen molar-refractivity contribution >= 4 is 11.8 Å². The number of rotatable bonds is 4. The normalized spacial score (nSPS) is 22.4. The van der Waals surface area contributed by atoms with Crippen molar-refractivity contribution in [2.45, 2.75) is 24.9 Å². The van der Waals surface area contributed by atoms with E-state index in [0.29, 0.717) is 37.5 Å². The molecule has 1 aromatic carbocycles. The van der Waals surface area contributed by atoms with Gasteiger partial charge in [-0.3, -0.25) is 14.4 Å². The van der Waals surface area contributed by atoms with Crippen LogP contribution in [0, 0.1) is 5.92 Å². The molecule has 0 aromatic heterocycles. The number of likely N-dealkylation sites (tertiary alicyclic amines) is 1. The predicted molar refractivity (Wildman–Crippen MR) is 81.8 cm³/mol. The number of benzene rings is 1. The van der Waals surface area contributed by atoms with Crippen LogP contribution in [0.15, 0.2) is 24.3 Å². The SMILES string of the molecule is COc1ccc(C(=O)N2CC3(CC(=O)N(CC4CC4)O3)C2)cc1. The number of ether oxygens (including phenoxy) is 1. The summed E-state index contributed by atoms with van der Waals surface area (Å²) in [7, 11) is 1.60. The lowest BCUT2D eigenvalue weighted by Crippen LogP contribution is -2.63. The molecule has 2 amide bonds. The number of hydroxylamine groups is 2. The van der Waals surface area contributed by atoms with E-state index in [0.717, 1.165) is 5.75 Å². The summed E-state index contributed by atoms with van der Waals surface area (Å²) in [5.41, 5.74) is 0.133. The zero-order valence-electron chi connectivity index (χ0n) is 13.2. The van der Waals surface area contributed by atoms with E-state index in [1.165, 1.54) is 17.9 Å². The maximum absolute atomic E-state index is 12.4. The molecule has 1 saturated carbocycles. The minimum Gasteiger partial charge on any atom is -0.497 e. The molecule has 6 nitrogen and oxygen atoms in total. The van der Waals surface area contributed by atoms with E-state index in [2.05, 4.69) is 0 Å². The van der Waals surface area contributed by atoms with Crippen molar-refractivity contribution in [1.82, 2.24) is 9.96 Å². The van der Waals surface area contributed by atoms with E-state index in [-0.39, 0.29) is 11.8 Å². The molecule has 1 aromatic rings. The Morgan fingerprint density at radius 1 is 1.30 bits per heavy atom. The summed E-state index contributed by atoms with van der Waals surface area (Å²) >= 11 is 0. The molecule has 2 aliphatic heterocycles. The minimum atomic E-state index is -0.492. The first-order valence-corrected chi connectivity index (χ1v) is 8.01. The lowest BCUT2D eigenvalue weighted by atomic mass is 9.90. The molecule has 2 heterocycles. The molecule has 1 aliphatic carbocycles. The maximum atomic E-state index is 12.4. The fraction of sp³-hybridized carbons (Fsp3) is 0.529. The van der Waals surface area contributed by atoms with Crippen LogP contribution in [-0.2, 0) is 9.63 Å². The highest BCUT2D eigenvalue weighted by Gasteiger charge is 2.55. The fourth-order valence-electron chi connectivity index (χ4n) is 3.23. The van der Waals surface area contributed by atoms with Crippen LogP contribution < -0.4 is 4.74 Å². The second kappa shape index (κ2) is 5.23. The Labute approximate surface area is 134 Å². The topological polar surface area (TPSA) is 59.1 Å². The van der Waals surface area contributed by atoms with Crippen LogP contribution in [0.2, 0.25) is 0 Å². The molecule has 122 valence electrons. The third-order valence-electron chi connectivity index (χ3n) is 4.76. The lowest BCUT2D eigenvalue weighted by molar-refractivity contribution is -0.230. The van der Waals surface area contributed by atoms with Crippen LogP contribution in [0.3, 0.4) is 0 Å². The zero-order valence-corrected chi connectivity index (χ0v) is 13.2. The smallest absolute Gasteiger partial charge is 0.254 e. The van der Waals surface area contributed by atoms with E-state index in [9.17, 15) is 9.59 Å². The molecule has 2 saturated heterocycles. The van der Waals surface area contributed by atoms with E-state index in [4.69, 9.17) is 9.57 Å². The van der Waals surface area contributed by atoms with E-state index >= 15 is 0 Å². The lowest BCUT2D eigenvalue weighted by Gasteiger charge is -2.45. The van der Waals surface area contributed by atoms with Gasteiger partial charge < -0.3 is 9.64 Å². The van der Waals surface area contributed by atoms with Gasteiger partial charge in [0.2, 0.25) is 5.91 Å². The highest BCUT2D eigenvalue weighted by atomic mass is 16.7. The summed E-state index contributed by atoms with van der Waals surface area (Å²) in [5, 5.41) is 1.52. The monoisotopic (exact) mass is 316 g/mol. The van der Waals surface area contributed by atoms with Crippen molar-refractivity contribution in [3.8, 4) is 5.75 Å². The Morgan fingerprint density at radius 3 is 2.61 bits per heavy atom. The van der Waals surface area contributed by atoms with E-state index in [1.807, 2.05) is 0 Å². The first-order valence-electron chi connectivity index (χ1n) is 8.01. The van der Waals surface area contributed by atoms with Gasteiger partial charge in [0.15, 0.2) is 0 Å². The van der Waals surface area contributed by atoms with Crippen LogP contribution in [-0.4, -0.2) is 54.1 Å². The van der Waals surface area contributed by atoms with E-state index in [1.54, 1.807) is 36.3 Å². The van der Waals surface area contributed by atoms with Gasteiger partial charge in [-0.1, -0.05) is 0 Å². The molecule has 3 fully saturated rings. The number of hydrogen-bond acceptors (Lipinski definition) is 4. The Kier molecular flexibility index (Phi) is 3.30. The highest BCUT2D eigenvalue weighted by molar-refractivity contribution is 5.95. The molecular formula is C17H20N2O4. The van der Waals surface area contributed by atoms with Crippen LogP contribution in [0.1, 0.15) is 29.6 Å². The number of carbonyl (C=O) groups excluding carboxylic acids is 2. The maximum Gasteiger partial charge on any atom is 0.254 e. The number of methoxy groups -OCH3 is 1. The van der Waals surface area contributed by atoms with Gasteiger partial charge in [0.1, 0.15) is 11.4 Å². The fourth-order valence-corrected chi connectivity index (χ4v) is 3.23. The Bertz CT molecular complexity index is 632. The van der Waals surface area contributed by atoms with Gasteiger partial charge in [-0.15, -0.1) is 0 Å². The number of amides is 2. The largest absolute Gasteiger partial charge is 0.497 e. The predicted octanol–water partition coefficient (Wildman–Crippen LogP) is 1.46. The van der Waals surface area contributed by atoms with Crippen LogP contribution in [0.25, 0.3) is 0 Å². The second-order valence-electron chi connectivity index (χ2n) is 6.74. The number of hydrogen-bond donors (Lipinski definition) is 0. The third-order valence-corrected chi connectivity index (χ3v) is 4.76. The first-order chi connectivity index (χ1) is 11.1. The van der Waals surface area contributed by atoms with Gasteiger partial charge >= 0.3 is 0 Å². The van der Waals surface area contributed by atoms with Gasteiger partial charge in [0.05, 0.1) is 33.2 Å². The van der Waals surface area contributed by atoms with Crippen molar-refractivity contribution in [3.63, 3.8) is 0 Å². The van der Waals surface area contributed by atoms with Crippen molar-refractivity contribution < 1.29 is 19.2 Å². The zero-order chi connectivity index (χ0) is 16.0. The van der Waals surface area contributed by atoms with Crippen molar-refractivity contribution in [2.75, 3.05) is 26.7 Å². The van der Waals surface area contributed by atoms with E-state index < -0.39 is 5.60 Å². The molecule has 1 spiro atoms. The van der Waals surface area contributed by atoms with Gasteiger partial charge in [-0.05, 0) is 43.0 Å². The van der Waals surface area contributed by atoms with Gasteiger partial charge in [0.25, 0.3) is 5.91 Å². The van der Waals surface area contributed by atoms with Gasteiger partial charge in [0, 0.05) is 5.56 Å². The summed E-state index contributed by atoms with van der Waals surface area (Å²) in [4.78, 5) is 32.1. The van der Waals surface area contributed by atoms with Crippen LogP contribution in [0.4, 0.5) is 0 Å². The standard InChI is InChI=1S/C17H20N2O4/c1-22-14-6-4-13(5-7-14)16(21)18-10-17(11-18)8-15(20)19(23-17)9-12-2-3-12/h4-7,12H,2-3,8-11H2,1H3. The van der Waals surface area contributed by atoms with Gasteiger partial charge in [-0.25, -0.2) is 5.06 Å². The molecule has 6 heteroatoms.